The van der Waals surface area contributed by atoms with E-state index < -0.39 is 41.6 Å². The van der Waals surface area contributed by atoms with Crippen molar-refractivity contribution < 1.29 is 30.0 Å². The van der Waals surface area contributed by atoms with Crippen LogP contribution < -0.4 is 5.73 Å². The molecule has 4 atom stereocenters. The van der Waals surface area contributed by atoms with Crippen LogP contribution in [0.1, 0.15) is 50.3 Å². The van der Waals surface area contributed by atoms with Crippen molar-refractivity contribution in [2.45, 2.75) is 57.1 Å². The number of rotatable bonds is 3. The molecule has 3 aliphatic rings. The van der Waals surface area contributed by atoms with Gasteiger partial charge in [-0.1, -0.05) is 51.1 Å². The Morgan fingerprint density at radius 1 is 1.05 bits per heavy atom. The molecule has 1 saturated carbocycles. The van der Waals surface area contributed by atoms with Crippen LogP contribution >= 0.6 is 0 Å². The molecule has 0 spiro atoms. The van der Waals surface area contributed by atoms with E-state index >= 15 is 0 Å². The first-order valence-electron chi connectivity index (χ1n) is 13.2. The number of hydrogen-bond acceptors (Lipinski definition) is 7. The highest BCUT2D eigenvalue weighted by atomic mass is 16.3. The summed E-state index contributed by atoms with van der Waals surface area (Å²) in [4.78, 5) is 27.7. The molecule has 3 aliphatic carbocycles. The second-order valence-electron chi connectivity index (χ2n) is 12.4. The van der Waals surface area contributed by atoms with Crippen molar-refractivity contribution in [1.82, 2.24) is 4.90 Å². The summed E-state index contributed by atoms with van der Waals surface area (Å²) < 4.78 is 0. The Bertz CT molecular complexity index is 1450. The molecule has 0 aliphatic heterocycles. The number of Topliss-reactive ketones (excluding diaryl/α,β-unsaturated/α-hetero) is 1. The third-order valence-corrected chi connectivity index (χ3v) is 8.76. The molecule has 8 heteroatoms. The molecule has 0 heterocycles. The van der Waals surface area contributed by atoms with Crippen LogP contribution in [0.4, 0.5) is 0 Å². The monoisotopic (exact) mass is 532 g/mol. The quantitative estimate of drug-likeness (QED) is 0.405. The number of amides is 1. The third kappa shape index (κ3) is 4.05. The molecule has 0 saturated heterocycles. The van der Waals surface area contributed by atoms with Crippen molar-refractivity contribution in [2.75, 3.05) is 14.1 Å². The van der Waals surface area contributed by atoms with E-state index in [2.05, 4.69) is 32.9 Å². The number of likely N-dealkylation sites (N-methyl/N-ethyl adjacent to an activating group) is 1. The number of nitrogens with zero attached hydrogens (tertiary/aromatic N) is 1. The van der Waals surface area contributed by atoms with E-state index in [0.717, 1.165) is 16.7 Å². The molecule has 2 aromatic rings. The van der Waals surface area contributed by atoms with Gasteiger partial charge in [-0.05, 0) is 66.6 Å². The van der Waals surface area contributed by atoms with Crippen LogP contribution in [-0.2, 0) is 21.4 Å². The second-order valence-corrected chi connectivity index (χ2v) is 12.4. The van der Waals surface area contributed by atoms with Crippen LogP contribution in [0, 0.1) is 11.8 Å². The Morgan fingerprint density at radius 3 is 2.26 bits per heavy atom. The molecule has 5 rings (SSSR count). The molecule has 1 amide bonds. The van der Waals surface area contributed by atoms with Crippen LogP contribution in [-0.4, -0.2) is 62.8 Å². The van der Waals surface area contributed by atoms with E-state index in [9.17, 15) is 30.0 Å². The van der Waals surface area contributed by atoms with E-state index in [0.29, 0.717) is 6.42 Å². The van der Waals surface area contributed by atoms with Gasteiger partial charge in [-0.15, -0.1) is 0 Å². The fourth-order valence-electron chi connectivity index (χ4n) is 6.75. The van der Waals surface area contributed by atoms with Gasteiger partial charge in [0.25, 0.3) is 0 Å². The number of hydrogen-bond donors (Lipinski definition) is 5. The molecular weight excluding hydrogens is 496 g/mol. The van der Waals surface area contributed by atoms with Crippen LogP contribution in [0.25, 0.3) is 16.9 Å². The summed E-state index contributed by atoms with van der Waals surface area (Å²) in [5.74, 6) is -3.56. The van der Waals surface area contributed by atoms with Gasteiger partial charge in [0.2, 0.25) is 5.91 Å². The number of carbonyl (C=O) groups is 2. The van der Waals surface area contributed by atoms with Gasteiger partial charge in [0.15, 0.2) is 5.78 Å². The maximum Gasteiger partial charge on any atom is 0.248 e. The normalized spacial score (nSPS) is 26.8. The van der Waals surface area contributed by atoms with Gasteiger partial charge in [0.1, 0.15) is 22.9 Å². The van der Waals surface area contributed by atoms with Gasteiger partial charge in [0, 0.05) is 17.9 Å². The van der Waals surface area contributed by atoms with Crippen LogP contribution in [0.3, 0.4) is 0 Å². The summed E-state index contributed by atoms with van der Waals surface area (Å²) in [6.07, 6.45) is 0.188. The Morgan fingerprint density at radius 2 is 1.69 bits per heavy atom. The predicted octanol–water partition coefficient (Wildman–Crippen LogP) is 3.75. The largest absolute Gasteiger partial charge is 0.510 e. The lowest BCUT2D eigenvalue weighted by Gasteiger charge is -2.51. The number of aliphatic hydroxyl groups is 3. The van der Waals surface area contributed by atoms with Gasteiger partial charge >= 0.3 is 0 Å². The Balaban J connectivity index is 1.65. The molecule has 8 nitrogen and oxygen atoms in total. The molecule has 0 bridgehead atoms. The molecular formula is C31H36N2O6. The molecule has 1 fully saturated rings. The van der Waals surface area contributed by atoms with Crippen molar-refractivity contribution >= 4 is 17.4 Å². The van der Waals surface area contributed by atoms with Crippen molar-refractivity contribution in [1.29, 1.82) is 0 Å². The number of phenols is 1. The number of fused-ring (bicyclic) bond motifs is 3. The zero-order valence-corrected chi connectivity index (χ0v) is 22.9. The molecule has 0 radical (unpaired) electrons. The van der Waals surface area contributed by atoms with E-state index in [1.807, 2.05) is 18.2 Å². The van der Waals surface area contributed by atoms with Gasteiger partial charge in [-0.3, -0.25) is 14.5 Å². The zero-order chi connectivity index (χ0) is 28.6. The average Bonchev–Trinajstić information content (AvgIpc) is 2.84. The number of aliphatic hydroxyl groups excluding tert-OH is 2. The van der Waals surface area contributed by atoms with Gasteiger partial charge in [-0.2, -0.15) is 0 Å². The smallest absolute Gasteiger partial charge is 0.248 e. The van der Waals surface area contributed by atoms with Crippen LogP contribution in [0.2, 0.25) is 0 Å². The SMILES string of the molecule is CN(C)C1C(O)=C(C(N)=O)CC2(O)C(=O)C3=C(O)c4c(O)ccc(-c5ccc(C(C)(C)C)cc5)c4CC3CC12. The van der Waals surface area contributed by atoms with Gasteiger partial charge < -0.3 is 26.2 Å². The molecule has 4 unspecified atom stereocenters. The topological polar surface area (TPSA) is 144 Å². The number of ketones is 1. The first kappa shape index (κ1) is 27.0. The van der Waals surface area contributed by atoms with Crippen molar-refractivity contribution in [2.24, 2.45) is 17.6 Å². The third-order valence-electron chi connectivity index (χ3n) is 8.76. The molecule has 6 N–H and O–H groups in total. The Kier molecular flexibility index (Phi) is 6.20. The number of phenolic OH excluding ortho intramolecular Hbond substituents is 1. The van der Waals surface area contributed by atoms with Crippen molar-refractivity contribution in [3.8, 4) is 16.9 Å². The maximum atomic E-state index is 14.0. The standard InChI is InChI=1S/C31H36N2O6/c1-30(2,3)17-8-6-15(7-9-17)18-10-11-22(34)24-19(18)12-16-13-21-25(33(4)5)26(35)20(29(32)38)14-31(21,39)28(37)23(16)27(24)36/h6-11,16,21,25,34-36,39H,12-14H2,1-5H3,(H2,32,38). The number of nitrogens with two attached hydrogens (primary N) is 1. The predicted molar refractivity (Wildman–Crippen MR) is 148 cm³/mol. The first-order valence-corrected chi connectivity index (χ1v) is 13.2. The average molecular weight is 533 g/mol. The summed E-state index contributed by atoms with van der Waals surface area (Å²) >= 11 is 0. The number of aromatic hydroxyl groups is 1. The second kappa shape index (κ2) is 8.96. The minimum absolute atomic E-state index is 0.0145. The number of benzene rings is 2. The molecule has 2 aromatic carbocycles. The minimum atomic E-state index is -2.04. The minimum Gasteiger partial charge on any atom is -0.510 e. The van der Waals surface area contributed by atoms with Crippen LogP contribution in [0.15, 0.2) is 53.3 Å². The fourth-order valence-corrected chi connectivity index (χ4v) is 6.75. The maximum absolute atomic E-state index is 14.0. The highest BCUT2D eigenvalue weighted by Crippen LogP contribution is 2.54. The molecule has 0 aromatic heterocycles. The van der Waals surface area contributed by atoms with Crippen molar-refractivity contribution in [3.05, 3.63) is 70.0 Å². The first-order chi connectivity index (χ1) is 18.2. The van der Waals surface area contributed by atoms with Crippen LogP contribution in [0.5, 0.6) is 5.75 Å². The van der Waals surface area contributed by atoms with Gasteiger partial charge in [0.05, 0.1) is 17.2 Å². The summed E-state index contributed by atoms with van der Waals surface area (Å²) in [6, 6.07) is 10.7. The lowest BCUT2D eigenvalue weighted by Crippen LogP contribution is -2.62. The Hall–Kier alpha value is -3.62. The molecule has 206 valence electrons. The highest BCUT2D eigenvalue weighted by molar-refractivity contribution is 6.10. The van der Waals surface area contributed by atoms with E-state index in [4.69, 9.17) is 5.73 Å². The number of carbonyl (C=O) groups excluding carboxylic acids is 2. The van der Waals surface area contributed by atoms with E-state index in [-0.39, 0.29) is 45.8 Å². The lowest BCUT2D eigenvalue weighted by atomic mass is 9.57. The summed E-state index contributed by atoms with van der Waals surface area (Å²) in [5.41, 5.74) is 7.13. The molecule has 39 heavy (non-hydrogen) atoms. The summed E-state index contributed by atoms with van der Waals surface area (Å²) in [7, 11) is 3.40. The number of primary amides is 1. The zero-order valence-electron chi connectivity index (χ0n) is 22.9. The summed E-state index contributed by atoms with van der Waals surface area (Å²) in [6.45, 7) is 6.42. The Labute approximate surface area is 228 Å². The van der Waals surface area contributed by atoms with E-state index in [1.165, 1.54) is 11.6 Å². The van der Waals surface area contributed by atoms with Gasteiger partial charge in [-0.25, -0.2) is 0 Å². The summed E-state index contributed by atoms with van der Waals surface area (Å²) in [5, 5.41) is 45.0. The van der Waals surface area contributed by atoms with E-state index in [1.54, 1.807) is 19.0 Å². The fraction of sp³-hybridized carbons (Fsp3) is 0.419. The lowest BCUT2D eigenvalue weighted by molar-refractivity contribution is -0.151. The van der Waals surface area contributed by atoms with Crippen molar-refractivity contribution in [3.63, 3.8) is 0 Å². The highest BCUT2D eigenvalue weighted by Gasteiger charge is 2.60.